The molecule has 0 aliphatic carbocycles. The van der Waals surface area contributed by atoms with Gasteiger partial charge in [-0.3, -0.25) is 0 Å². The monoisotopic (exact) mass is 708 g/mol. The zero-order valence-electron chi connectivity index (χ0n) is 26.0. The molecular weight excluding hydrogens is 672 g/mol. The van der Waals surface area contributed by atoms with Gasteiger partial charge in [0.25, 0.3) is 5.01 Å². The van der Waals surface area contributed by atoms with E-state index in [2.05, 4.69) is 137 Å². The van der Waals surface area contributed by atoms with Gasteiger partial charge in [0, 0.05) is 30.0 Å². The maximum Gasteiger partial charge on any atom is 0.262 e. The molecule has 0 bridgehead atoms. The van der Waals surface area contributed by atoms with E-state index in [-0.39, 0.29) is 17.0 Å². The number of rotatable bonds is 12. The quantitative estimate of drug-likeness (QED) is 0.113. The Morgan fingerprint density at radius 3 is 2.17 bits per heavy atom. The topological polar surface area (TPSA) is 25.6 Å². The average Bonchev–Trinajstić information content (AvgIpc) is 3.63. The number of anilines is 1. The first kappa shape index (κ1) is 33.3. The van der Waals surface area contributed by atoms with Gasteiger partial charge in [-0.05, 0) is 66.1 Å². The third kappa shape index (κ3) is 8.21. The maximum absolute atomic E-state index is 5.42. The molecule has 1 aliphatic heterocycles. The number of ether oxygens (including phenoxy) is 2. The van der Waals surface area contributed by atoms with Crippen molar-refractivity contribution in [2.45, 2.75) is 24.3 Å². The summed E-state index contributed by atoms with van der Waals surface area (Å²) < 4.78 is 14.6. The van der Waals surface area contributed by atoms with Crippen molar-refractivity contribution in [3.8, 4) is 11.5 Å². The van der Waals surface area contributed by atoms with Crippen LogP contribution in [0.25, 0.3) is 16.3 Å². The Labute approximate surface area is 290 Å². The molecule has 5 aromatic rings. The molecule has 6 rings (SSSR count). The lowest BCUT2D eigenvalue weighted by atomic mass is 10.1. The molecule has 0 unspecified atom stereocenters. The summed E-state index contributed by atoms with van der Waals surface area (Å²) in [6, 6.07) is 34.0. The molecule has 0 fully saturated rings. The summed E-state index contributed by atoms with van der Waals surface area (Å²) in [4.78, 5) is 3.71. The van der Waals surface area contributed by atoms with E-state index < -0.39 is 0 Å². The summed E-state index contributed by atoms with van der Waals surface area (Å²) >= 11 is 3.65. The predicted molar refractivity (Wildman–Crippen MR) is 190 cm³/mol. The second-order valence-corrected chi connectivity index (χ2v) is 12.7. The number of aromatic nitrogens is 1. The molecule has 1 aliphatic rings. The van der Waals surface area contributed by atoms with Gasteiger partial charge < -0.3 is 31.4 Å². The number of hydrogen-bond donors (Lipinski definition) is 0. The van der Waals surface area contributed by atoms with Crippen molar-refractivity contribution < 1.29 is 31.0 Å². The Morgan fingerprint density at radius 1 is 0.717 bits per heavy atom. The highest BCUT2D eigenvalue weighted by Gasteiger charge is 2.24. The first-order chi connectivity index (χ1) is 22.2. The number of nitrogens with zero attached hydrogens (tertiary/aromatic N) is 2. The standard InChI is InChI=1S/C39H37N2O2S2.BrH/c1-42-32-16-12-14-30(28-32)24-26-40-34-18-8-10-20-36(34)44-38(40)22-6-4-3-5-7-23-39-41(35-19-9-11-21-37(35)45-39)27-25-31-15-13-17-33(29-31)43-2;/h3-23,28-29H,24-27H2,1-2H3;1H/q+1;/p-1. The second kappa shape index (κ2) is 16.5. The van der Waals surface area contributed by atoms with Crippen molar-refractivity contribution in [2.75, 3.05) is 25.7 Å². The summed E-state index contributed by atoms with van der Waals surface area (Å²) in [7, 11) is 3.44. The van der Waals surface area contributed by atoms with Crippen LogP contribution in [0.15, 0.2) is 143 Å². The molecule has 0 saturated heterocycles. The highest BCUT2D eigenvalue weighted by atomic mass is 79.9. The smallest absolute Gasteiger partial charge is 0.262 e. The minimum Gasteiger partial charge on any atom is -1.00 e. The van der Waals surface area contributed by atoms with E-state index in [1.165, 1.54) is 42.0 Å². The number of hydrogen-bond acceptors (Lipinski definition) is 5. The Kier molecular flexibility index (Phi) is 12.0. The third-order valence-corrected chi connectivity index (χ3v) is 9.97. The van der Waals surface area contributed by atoms with Crippen LogP contribution < -0.4 is 35.9 Å². The van der Waals surface area contributed by atoms with Crippen LogP contribution in [0.4, 0.5) is 5.69 Å². The van der Waals surface area contributed by atoms with Crippen LogP contribution >= 0.6 is 23.1 Å². The summed E-state index contributed by atoms with van der Waals surface area (Å²) in [5, 5.41) is 2.48. The van der Waals surface area contributed by atoms with Crippen molar-refractivity contribution in [3.05, 3.63) is 155 Å². The van der Waals surface area contributed by atoms with E-state index in [0.29, 0.717) is 0 Å². The molecule has 0 saturated carbocycles. The van der Waals surface area contributed by atoms with Gasteiger partial charge in [-0.25, -0.2) is 0 Å². The van der Waals surface area contributed by atoms with E-state index in [9.17, 15) is 0 Å². The van der Waals surface area contributed by atoms with E-state index in [4.69, 9.17) is 9.47 Å². The highest BCUT2D eigenvalue weighted by Crippen LogP contribution is 2.45. The molecule has 0 radical (unpaired) electrons. The number of benzene rings is 4. The summed E-state index contributed by atoms with van der Waals surface area (Å²) in [5.41, 5.74) is 5.08. The first-order valence-corrected chi connectivity index (χ1v) is 16.8. The lowest BCUT2D eigenvalue weighted by molar-refractivity contribution is -0.668. The SMILES string of the molecule is COc1cccc(CCN2/C(=C/C=C/C=C/C=C/c3sc4ccccc4[n+]3CCc3cccc(OC)c3)Sc3ccccc32)c1.[Br-]. The van der Waals surface area contributed by atoms with Crippen molar-refractivity contribution in [1.29, 1.82) is 0 Å². The van der Waals surface area contributed by atoms with Gasteiger partial charge in [0.05, 0.1) is 24.9 Å². The van der Waals surface area contributed by atoms with Gasteiger partial charge >= 0.3 is 0 Å². The van der Waals surface area contributed by atoms with Crippen molar-refractivity contribution in [1.82, 2.24) is 0 Å². The molecule has 4 nitrogen and oxygen atoms in total. The van der Waals surface area contributed by atoms with Crippen LogP contribution in [-0.2, 0) is 19.4 Å². The Hall–Kier alpha value is -4.04. The van der Waals surface area contributed by atoms with Crippen LogP contribution in [0.5, 0.6) is 11.5 Å². The number of aryl methyl sites for hydroxylation is 2. The minimum absolute atomic E-state index is 0. The number of methoxy groups -OCH3 is 2. The minimum atomic E-state index is 0. The van der Waals surface area contributed by atoms with E-state index >= 15 is 0 Å². The molecule has 1 aromatic heterocycles. The number of thiazole rings is 1. The maximum atomic E-state index is 5.42. The Balaban J connectivity index is 0.00000417. The molecule has 7 heteroatoms. The second-order valence-electron chi connectivity index (χ2n) is 10.6. The van der Waals surface area contributed by atoms with Crippen molar-refractivity contribution in [2.24, 2.45) is 0 Å². The average molecular weight is 710 g/mol. The van der Waals surface area contributed by atoms with Crippen molar-refractivity contribution in [3.63, 3.8) is 0 Å². The van der Waals surface area contributed by atoms with Gasteiger partial charge in [-0.15, -0.1) is 0 Å². The number of allylic oxidation sites excluding steroid dienone is 6. The molecule has 4 aromatic carbocycles. The molecule has 46 heavy (non-hydrogen) atoms. The highest BCUT2D eigenvalue weighted by molar-refractivity contribution is 8.03. The number of halogens is 1. The van der Waals surface area contributed by atoms with Crippen LogP contribution in [0.2, 0.25) is 0 Å². The molecule has 0 atom stereocenters. The lowest BCUT2D eigenvalue weighted by Gasteiger charge is -2.20. The zero-order valence-corrected chi connectivity index (χ0v) is 29.2. The van der Waals surface area contributed by atoms with Gasteiger partial charge in [0.15, 0.2) is 6.54 Å². The van der Waals surface area contributed by atoms with Crippen LogP contribution in [0.3, 0.4) is 0 Å². The van der Waals surface area contributed by atoms with E-state index in [1.54, 1.807) is 14.2 Å². The molecular formula is C39H37BrN2O2S2. The zero-order chi connectivity index (χ0) is 30.8. The fraction of sp³-hybridized carbons (Fsp3) is 0.154. The number of para-hydroxylation sites is 2. The van der Waals surface area contributed by atoms with Crippen molar-refractivity contribution >= 4 is 45.1 Å². The summed E-state index contributed by atoms with van der Waals surface area (Å²) in [5.74, 6) is 1.80. The van der Waals surface area contributed by atoms with Gasteiger partial charge in [0.2, 0.25) is 5.52 Å². The Morgan fingerprint density at radius 2 is 1.39 bits per heavy atom. The molecule has 0 N–H and O–H groups in total. The number of fused-ring (bicyclic) bond motifs is 2. The fourth-order valence-electron chi connectivity index (χ4n) is 5.42. The predicted octanol–water partition coefficient (Wildman–Crippen LogP) is 6.27. The largest absolute Gasteiger partial charge is 1.00 e. The van der Waals surface area contributed by atoms with Gasteiger partial charge in [0.1, 0.15) is 16.2 Å². The van der Waals surface area contributed by atoms with Crippen LogP contribution in [0, 0.1) is 0 Å². The molecule has 0 spiro atoms. The normalized spacial score (nSPS) is 13.7. The summed E-state index contributed by atoms with van der Waals surface area (Å²) in [6.07, 6.45) is 16.9. The van der Waals surface area contributed by atoms with Gasteiger partial charge in [-0.1, -0.05) is 102 Å². The van der Waals surface area contributed by atoms with Crippen LogP contribution in [-0.4, -0.2) is 20.8 Å². The first-order valence-electron chi connectivity index (χ1n) is 15.2. The Bertz CT molecular complexity index is 1890. The lowest BCUT2D eigenvalue weighted by Crippen LogP contribution is -3.00. The molecule has 234 valence electrons. The third-order valence-electron chi connectivity index (χ3n) is 7.71. The summed E-state index contributed by atoms with van der Waals surface area (Å²) in [6.45, 7) is 1.81. The fourth-order valence-corrected chi connectivity index (χ4v) is 7.62. The van der Waals surface area contributed by atoms with Crippen LogP contribution in [0.1, 0.15) is 16.1 Å². The van der Waals surface area contributed by atoms with E-state index in [0.717, 1.165) is 37.4 Å². The van der Waals surface area contributed by atoms with E-state index in [1.807, 2.05) is 35.2 Å². The van der Waals surface area contributed by atoms with Gasteiger partial charge in [-0.2, -0.15) is 4.57 Å². The molecule has 2 heterocycles. The molecule has 0 amide bonds. The number of thioether (sulfide) groups is 1.